The van der Waals surface area contributed by atoms with Crippen LogP contribution in [0.2, 0.25) is 5.02 Å². The molecule has 0 unspecified atom stereocenters. The molecule has 2 aromatic rings. The molecule has 3 rings (SSSR count). The quantitative estimate of drug-likeness (QED) is 0.254. The summed E-state index contributed by atoms with van der Waals surface area (Å²) in [6.45, 7) is 10.7. The number of hydrogen-bond donors (Lipinski definition) is 1. The third kappa shape index (κ3) is 6.77. The molecule has 1 fully saturated rings. The van der Waals surface area contributed by atoms with Crippen LogP contribution in [0.25, 0.3) is 0 Å². The molecular weight excluding hydrogens is 499 g/mol. The van der Waals surface area contributed by atoms with Crippen molar-refractivity contribution in [2.45, 2.75) is 33.2 Å². The van der Waals surface area contributed by atoms with E-state index in [0.29, 0.717) is 0 Å². The van der Waals surface area contributed by atoms with Crippen LogP contribution in [0.1, 0.15) is 25.6 Å². The number of rotatable bonds is 7. The lowest BCUT2D eigenvalue weighted by Crippen LogP contribution is -2.52. The highest BCUT2D eigenvalue weighted by Crippen LogP contribution is 2.26. The van der Waals surface area contributed by atoms with Crippen molar-refractivity contribution in [2.24, 2.45) is 4.99 Å². The van der Waals surface area contributed by atoms with Gasteiger partial charge in [0.25, 0.3) is 0 Å². The number of piperazine rings is 1. The lowest BCUT2D eigenvalue weighted by Gasteiger charge is -2.38. The fourth-order valence-electron chi connectivity index (χ4n) is 3.51. The van der Waals surface area contributed by atoms with Gasteiger partial charge in [0.15, 0.2) is 5.96 Å². The SMILES string of the molecule is CCNC(=NCCCCn1ccnc1C)N1CCN(c2ccccc2Cl)CC1.I. The van der Waals surface area contributed by atoms with E-state index in [4.69, 9.17) is 16.6 Å². The summed E-state index contributed by atoms with van der Waals surface area (Å²) in [5, 5.41) is 4.27. The van der Waals surface area contributed by atoms with Gasteiger partial charge < -0.3 is 19.7 Å². The van der Waals surface area contributed by atoms with E-state index in [1.807, 2.05) is 37.5 Å². The number of nitrogens with one attached hydrogen (secondary N) is 1. The first-order valence-corrected chi connectivity index (χ1v) is 10.6. The van der Waals surface area contributed by atoms with E-state index < -0.39 is 0 Å². The predicted octanol–water partition coefficient (Wildman–Crippen LogP) is 4.03. The van der Waals surface area contributed by atoms with Gasteiger partial charge >= 0.3 is 0 Å². The number of para-hydroxylation sites is 1. The highest BCUT2D eigenvalue weighted by molar-refractivity contribution is 14.0. The first-order valence-electron chi connectivity index (χ1n) is 10.2. The summed E-state index contributed by atoms with van der Waals surface area (Å²) in [6, 6.07) is 8.08. The van der Waals surface area contributed by atoms with Crippen molar-refractivity contribution >= 4 is 47.2 Å². The molecule has 160 valence electrons. The zero-order chi connectivity index (χ0) is 19.8. The summed E-state index contributed by atoms with van der Waals surface area (Å²) in [6.07, 6.45) is 6.09. The summed E-state index contributed by atoms with van der Waals surface area (Å²) >= 11 is 6.35. The van der Waals surface area contributed by atoms with Crippen LogP contribution >= 0.6 is 35.6 Å². The summed E-state index contributed by atoms with van der Waals surface area (Å²) in [5.41, 5.74) is 1.13. The van der Waals surface area contributed by atoms with E-state index >= 15 is 0 Å². The monoisotopic (exact) mass is 530 g/mol. The van der Waals surface area contributed by atoms with Crippen molar-refractivity contribution < 1.29 is 0 Å². The van der Waals surface area contributed by atoms with Crippen molar-refractivity contribution in [2.75, 3.05) is 44.2 Å². The van der Waals surface area contributed by atoms with Gasteiger partial charge in [-0.2, -0.15) is 0 Å². The van der Waals surface area contributed by atoms with E-state index in [-0.39, 0.29) is 24.0 Å². The number of aliphatic imine (C=N–C) groups is 1. The second-order valence-electron chi connectivity index (χ2n) is 7.04. The summed E-state index contributed by atoms with van der Waals surface area (Å²) in [5.74, 6) is 2.10. The molecule has 1 aromatic heterocycles. The second kappa shape index (κ2) is 12.3. The van der Waals surface area contributed by atoms with Gasteiger partial charge in [-0.1, -0.05) is 23.7 Å². The normalized spacial score (nSPS) is 14.7. The Kier molecular flexibility index (Phi) is 10.1. The Morgan fingerprint density at radius 3 is 2.59 bits per heavy atom. The van der Waals surface area contributed by atoms with Crippen molar-refractivity contribution in [1.82, 2.24) is 19.8 Å². The molecule has 8 heteroatoms. The first-order chi connectivity index (χ1) is 13.7. The van der Waals surface area contributed by atoms with E-state index in [1.54, 1.807) is 0 Å². The average Bonchev–Trinajstić information content (AvgIpc) is 3.12. The molecule has 0 amide bonds. The molecule has 6 nitrogen and oxygen atoms in total. The van der Waals surface area contributed by atoms with Gasteiger partial charge in [0.2, 0.25) is 0 Å². The van der Waals surface area contributed by atoms with E-state index in [0.717, 1.165) is 81.1 Å². The van der Waals surface area contributed by atoms with Crippen molar-refractivity contribution in [1.29, 1.82) is 0 Å². The standard InChI is InChI=1S/C21H31ClN6.HI/c1-3-23-21(25-10-6-7-12-26-13-11-24-18(26)2)28-16-14-27(15-17-28)20-9-5-4-8-19(20)22;/h4-5,8-9,11,13H,3,6-7,10,12,14-17H2,1-2H3,(H,23,25);1H. The number of benzene rings is 1. The number of nitrogens with zero attached hydrogens (tertiary/aromatic N) is 5. The van der Waals surface area contributed by atoms with Gasteiger partial charge in [-0.15, -0.1) is 24.0 Å². The molecule has 0 atom stereocenters. The number of unbranched alkanes of at least 4 members (excludes halogenated alkanes) is 1. The fourth-order valence-corrected chi connectivity index (χ4v) is 3.77. The van der Waals surface area contributed by atoms with E-state index in [1.165, 1.54) is 0 Å². The number of anilines is 1. The lowest BCUT2D eigenvalue weighted by molar-refractivity contribution is 0.372. The van der Waals surface area contributed by atoms with Crippen LogP contribution in [-0.4, -0.2) is 59.7 Å². The minimum Gasteiger partial charge on any atom is -0.367 e. The highest BCUT2D eigenvalue weighted by Gasteiger charge is 2.20. The molecule has 0 radical (unpaired) electrons. The Labute approximate surface area is 196 Å². The Morgan fingerprint density at radius 2 is 1.93 bits per heavy atom. The zero-order valence-corrected chi connectivity index (χ0v) is 20.4. The number of aryl methyl sites for hydroxylation is 2. The van der Waals surface area contributed by atoms with Crippen LogP contribution in [0.3, 0.4) is 0 Å². The Bertz CT molecular complexity index is 770. The van der Waals surface area contributed by atoms with Crippen molar-refractivity contribution in [3.8, 4) is 0 Å². The van der Waals surface area contributed by atoms with Crippen LogP contribution < -0.4 is 10.2 Å². The molecule has 0 spiro atoms. The molecule has 1 aliphatic rings. The molecule has 29 heavy (non-hydrogen) atoms. The largest absolute Gasteiger partial charge is 0.367 e. The Hall–Kier alpha value is -1.48. The summed E-state index contributed by atoms with van der Waals surface area (Å²) < 4.78 is 2.20. The highest BCUT2D eigenvalue weighted by atomic mass is 127. The molecule has 1 aromatic carbocycles. The Morgan fingerprint density at radius 1 is 1.17 bits per heavy atom. The maximum Gasteiger partial charge on any atom is 0.194 e. The average molecular weight is 531 g/mol. The smallest absolute Gasteiger partial charge is 0.194 e. The van der Waals surface area contributed by atoms with Gasteiger partial charge in [0.1, 0.15) is 5.82 Å². The van der Waals surface area contributed by atoms with Crippen LogP contribution in [0, 0.1) is 6.92 Å². The number of aromatic nitrogens is 2. The predicted molar refractivity (Wildman–Crippen MR) is 133 cm³/mol. The number of guanidine groups is 1. The second-order valence-corrected chi connectivity index (χ2v) is 7.44. The molecule has 1 N–H and O–H groups in total. The maximum absolute atomic E-state index is 6.35. The van der Waals surface area contributed by atoms with E-state index in [2.05, 4.69) is 37.7 Å². The zero-order valence-electron chi connectivity index (χ0n) is 17.4. The number of halogens is 2. The van der Waals surface area contributed by atoms with Gasteiger partial charge in [0.05, 0.1) is 10.7 Å². The van der Waals surface area contributed by atoms with Gasteiger partial charge in [0, 0.05) is 58.2 Å². The minimum absolute atomic E-state index is 0. The third-order valence-corrected chi connectivity index (χ3v) is 5.42. The van der Waals surface area contributed by atoms with Gasteiger partial charge in [-0.05, 0) is 38.8 Å². The molecule has 1 saturated heterocycles. The topological polar surface area (TPSA) is 48.7 Å². The lowest BCUT2D eigenvalue weighted by atomic mass is 10.2. The fraction of sp³-hybridized carbons (Fsp3) is 0.524. The van der Waals surface area contributed by atoms with Crippen LogP contribution in [-0.2, 0) is 6.54 Å². The maximum atomic E-state index is 6.35. The number of imidazole rings is 1. The summed E-state index contributed by atoms with van der Waals surface area (Å²) in [4.78, 5) is 13.8. The van der Waals surface area contributed by atoms with E-state index in [9.17, 15) is 0 Å². The minimum atomic E-state index is 0. The summed E-state index contributed by atoms with van der Waals surface area (Å²) in [7, 11) is 0. The van der Waals surface area contributed by atoms with Crippen LogP contribution in [0.5, 0.6) is 0 Å². The molecule has 2 heterocycles. The molecule has 0 saturated carbocycles. The van der Waals surface area contributed by atoms with Crippen LogP contribution in [0.4, 0.5) is 5.69 Å². The van der Waals surface area contributed by atoms with Crippen LogP contribution in [0.15, 0.2) is 41.7 Å². The third-order valence-electron chi connectivity index (χ3n) is 5.10. The van der Waals surface area contributed by atoms with Crippen molar-refractivity contribution in [3.63, 3.8) is 0 Å². The molecule has 0 aliphatic carbocycles. The van der Waals surface area contributed by atoms with Crippen molar-refractivity contribution in [3.05, 3.63) is 47.5 Å². The molecule has 1 aliphatic heterocycles. The molecule has 0 bridgehead atoms. The Balaban J connectivity index is 0.00000300. The van der Waals surface area contributed by atoms with Gasteiger partial charge in [-0.25, -0.2) is 4.98 Å². The molecular formula is C21H32ClIN6. The number of hydrogen-bond acceptors (Lipinski definition) is 3. The first kappa shape index (κ1) is 23.8. The van der Waals surface area contributed by atoms with Gasteiger partial charge in [-0.3, -0.25) is 4.99 Å².